The van der Waals surface area contributed by atoms with Crippen LogP contribution in [0.15, 0.2) is 59.6 Å². The lowest BCUT2D eigenvalue weighted by molar-refractivity contribution is 0.395. The molecular weight excluding hydrogens is 332 g/mol. The molecule has 7 nitrogen and oxygen atoms in total. The summed E-state index contributed by atoms with van der Waals surface area (Å²) in [5, 5.41) is 3.41. The molecule has 0 aliphatic carbocycles. The number of ether oxygens (including phenoxy) is 2. The van der Waals surface area contributed by atoms with Crippen molar-refractivity contribution in [3.63, 3.8) is 0 Å². The maximum absolute atomic E-state index is 5.55. The number of anilines is 1. The number of nitrogens with zero attached hydrogens (tertiary/aromatic N) is 3. The molecule has 0 spiro atoms. The fourth-order valence-corrected chi connectivity index (χ4v) is 2.84. The van der Waals surface area contributed by atoms with Crippen LogP contribution in [0.2, 0.25) is 0 Å². The van der Waals surface area contributed by atoms with Crippen LogP contribution in [-0.4, -0.2) is 28.6 Å². The normalized spacial score (nSPS) is 10.8. The molecule has 3 heterocycles. The molecule has 132 valence electrons. The van der Waals surface area contributed by atoms with Crippen LogP contribution < -0.4 is 14.8 Å². The van der Waals surface area contributed by atoms with Crippen LogP contribution in [0.4, 0.5) is 5.82 Å². The van der Waals surface area contributed by atoms with Crippen molar-refractivity contribution in [2.45, 2.75) is 6.54 Å². The summed E-state index contributed by atoms with van der Waals surface area (Å²) in [7, 11) is 3.26. The Labute approximate surface area is 150 Å². The molecule has 0 aliphatic rings. The van der Waals surface area contributed by atoms with Gasteiger partial charge in [0.25, 0.3) is 0 Å². The van der Waals surface area contributed by atoms with E-state index in [0.717, 1.165) is 34.2 Å². The highest BCUT2D eigenvalue weighted by atomic mass is 16.5. The van der Waals surface area contributed by atoms with Crippen LogP contribution in [0.3, 0.4) is 0 Å². The van der Waals surface area contributed by atoms with E-state index >= 15 is 0 Å². The Morgan fingerprint density at radius 1 is 1.19 bits per heavy atom. The Morgan fingerprint density at radius 3 is 2.88 bits per heavy atom. The van der Waals surface area contributed by atoms with Crippen molar-refractivity contribution in [3.8, 4) is 22.8 Å². The van der Waals surface area contributed by atoms with Crippen LogP contribution in [0, 0.1) is 0 Å². The number of furan rings is 1. The second-order valence-corrected chi connectivity index (χ2v) is 5.61. The van der Waals surface area contributed by atoms with Crippen molar-refractivity contribution < 1.29 is 13.9 Å². The molecule has 0 radical (unpaired) electrons. The Balaban J connectivity index is 1.82. The molecule has 4 rings (SSSR count). The van der Waals surface area contributed by atoms with Gasteiger partial charge in [-0.3, -0.25) is 9.38 Å². The molecule has 0 fully saturated rings. The van der Waals surface area contributed by atoms with E-state index in [4.69, 9.17) is 18.9 Å². The topological polar surface area (TPSA) is 73.8 Å². The smallest absolute Gasteiger partial charge is 0.157 e. The molecule has 4 aromatic rings. The van der Waals surface area contributed by atoms with Crippen molar-refractivity contribution in [2.75, 3.05) is 19.5 Å². The summed E-state index contributed by atoms with van der Waals surface area (Å²) in [4.78, 5) is 8.89. The third kappa shape index (κ3) is 2.83. The Kier molecular flexibility index (Phi) is 4.18. The standard InChI is InChI=1S/C19H18N4O3/c1-24-13-5-6-15(16(10-13)25-2)18-19(21-11-14-4-3-9-26-14)23-8-7-20-12-17(23)22-18/h3-10,12,21H,11H2,1-2H3. The van der Waals surface area contributed by atoms with Crippen molar-refractivity contribution >= 4 is 11.5 Å². The van der Waals surface area contributed by atoms with Gasteiger partial charge >= 0.3 is 0 Å². The minimum atomic E-state index is 0.536. The van der Waals surface area contributed by atoms with E-state index in [1.165, 1.54) is 0 Å². The van der Waals surface area contributed by atoms with E-state index < -0.39 is 0 Å². The number of aromatic nitrogens is 3. The summed E-state index contributed by atoms with van der Waals surface area (Å²) < 4.78 is 18.2. The van der Waals surface area contributed by atoms with Gasteiger partial charge in [-0.1, -0.05) is 0 Å². The molecule has 0 saturated heterocycles. The van der Waals surface area contributed by atoms with Crippen molar-refractivity contribution in [1.29, 1.82) is 0 Å². The van der Waals surface area contributed by atoms with Gasteiger partial charge in [0.2, 0.25) is 0 Å². The summed E-state index contributed by atoms with van der Waals surface area (Å²) in [5.74, 6) is 3.08. The third-order valence-corrected chi connectivity index (χ3v) is 4.10. The monoisotopic (exact) mass is 350 g/mol. The van der Waals surface area contributed by atoms with Crippen LogP contribution in [0.25, 0.3) is 16.9 Å². The van der Waals surface area contributed by atoms with Crippen LogP contribution in [-0.2, 0) is 6.54 Å². The SMILES string of the molecule is COc1ccc(-c2nc3cnccn3c2NCc2ccco2)c(OC)c1. The number of hydrogen-bond donors (Lipinski definition) is 1. The predicted molar refractivity (Wildman–Crippen MR) is 97.6 cm³/mol. The molecule has 0 bridgehead atoms. The molecule has 1 aromatic carbocycles. The van der Waals surface area contributed by atoms with E-state index in [1.54, 1.807) is 32.9 Å². The molecule has 0 amide bonds. The van der Waals surface area contributed by atoms with Gasteiger partial charge < -0.3 is 19.2 Å². The number of fused-ring (bicyclic) bond motifs is 1. The van der Waals surface area contributed by atoms with Crippen molar-refractivity contribution in [3.05, 3.63) is 60.9 Å². The molecule has 0 saturated carbocycles. The zero-order chi connectivity index (χ0) is 17.9. The minimum Gasteiger partial charge on any atom is -0.497 e. The highest BCUT2D eigenvalue weighted by molar-refractivity contribution is 5.80. The molecule has 0 unspecified atom stereocenters. The van der Waals surface area contributed by atoms with E-state index in [0.29, 0.717) is 12.3 Å². The lowest BCUT2D eigenvalue weighted by Gasteiger charge is -2.11. The fraction of sp³-hybridized carbons (Fsp3) is 0.158. The zero-order valence-corrected chi connectivity index (χ0v) is 14.5. The number of nitrogens with one attached hydrogen (secondary N) is 1. The Bertz CT molecular complexity index is 1020. The summed E-state index contributed by atoms with van der Waals surface area (Å²) >= 11 is 0. The van der Waals surface area contributed by atoms with Gasteiger partial charge in [0, 0.05) is 24.0 Å². The first kappa shape index (κ1) is 16.0. The highest BCUT2D eigenvalue weighted by Crippen LogP contribution is 2.37. The summed E-state index contributed by atoms with van der Waals surface area (Å²) in [6, 6.07) is 9.45. The van der Waals surface area contributed by atoms with Gasteiger partial charge in [-0.05, 0) is 24.3 Å². The van der Waals surface area contributed by atoms with Gasteiger partial charge in [-0.25, -0.2) is 4.98 Å². The number of methoxy groups -OCH3 is 2. The van der Waals surface area contributed by atoms with E-state index in [1.807, 2.05) is 40.9 Å². The maximum atomic E-state index is 5.55. The second kappa shape index (κ2) is 6.79. The van der Waals surface area contributed by atoms with Crippen LogP contribution in [0.5, 0.6) is 11.5 Å². The lowest BCUT2D eigenvalue weighted by atomic mass is 10.1. The second-order valence-electron chi connectivity index (χ2n) is 5.61. The quantitative estimate of drug-likeness (QED) is 0.572. The van der Waals surface area contributed by atoms with E-state index in [9.17, 15) is 0 Å². The van der Waals surface area contributed by atoms with Gasteiger partial charge in [-0.15, -0.1) is 0 Å². The van der Waals surface area contributed by atoms with Crippen LogP contribution in [0.1, 0.15) is 5.76 Å². The average Bonchev–Trinajstić information content (AvgIpc) is 3.33. The molecule has 3 aromatic heterocycles. The number of rotatable bonds is 6. The number of benzene rings is 1. The van der Waals surface area contributed by atoms with Crippen LogP contribution >= 0.6 is 0 Å². The molecule has 7 heteroatoms. The molecule has 0 aliphatic heterocycles. The number of imidazole rings is 1. The maximum Gasteiger partial charge on any atom is 0.157 e. The first-order valence-corrected chi connectivity index (χ1v) is 8.11. The first-order chi connectivity index (χ1) is 12.8. The van der Waals surface area contributed by atoms with Crippen molar-refractivity contribution in [2.24, 2.45) is 0 Å². The number of hydrogen-bond acceptors (Lipinski definition) is 6. The zero-order valence-electron chi connectivity index (χ0n) is 14.5. The van der Waals surface area contributed by atoms with Crippen molar-refractivity contribution in [1.82, 2.24) is 14.4 Å². The fourth-order valence-electron chi connectivity index (χ4n) is 2.84. The summed E-state index contributed by atoms with van der Waals surface area (Å²) in [5.41, 5.74) is 2.37. The van der Waals surface area contributed by atoms with E-state index in [2.05, 4.69) is 10.3 Å². The van der Waals surface area contributed by atoms with Gasteiger partial charge in [0.15, 0.2) is 5.65 Å². The molecular formula is C19H18N4O3. The summed E-state index contributed by atoms with van der Waals surface area (Å²) in [6.45, 7) is 0.536. The molecule has 0 atom stereocenters. The largest absolute Gasteiger partial charge is 0.497 e. The van der Waals surface area contributed by atoms with Gasteiger partial charge in [0.1, 0.15) is 28.8 Å². The average molecular weight is 350 g/mol. The van der Waals surface area contributed by atoms with E-state index in [-0.39, 0.29) is 0 Å². The predicted octanol–water partition coefficient (Wildman–Crippen LogP) is 3.62. The van der Waals surface area contributed by atoms with Gasteiger partial charge in [0.05, 0.1) is 33.2 Å². The molecule has 1 N–H and O–H groups in total. The first-order valence-electron chi connectivity index (χ1n) is 8.11. The third-order valence-electron chi connectivity index (χ3n) is 4.10. The lowest BCUT2D eigenvalue weighted by Crippen LogP contribution is -2.03. The minimum absolute atomic E-state index is 0.536. The summed E-state index contributed by atoms with van der Waals surface area (Å²) in [6.07, 6.45) is 6.97. The Morgan fingerprint density at radius 2 is 2.12 bits per heavy atom. The molecule has 26 heavy (non-hydrogen) atoms. The Hall–Kier alpha value is -3.48. The highest BCUT2D eigenvalue weighted by Gasteiger charge is 2.18. The van der Waals surface area contributed by atoms with Gasteiger partial charge in [-0.2, -0.15) is 0 Å².